The molecule has 0 saturated heterocycles. The summed E-state index contributed by atoms with van der Waals surface area (Å²) in [5.41, 5.74) is -0.705. The van der Waals surface area contributed by atoms with E-state index in [2.05, 4.69) is 31.1 Å². The van der Waals surface area contributed by atoms with E-state index >= 15 is 0 Å². The second kappa shape index (κ2) is 7.25. The van der Waals surface area contributed by atoms with Crippen molar-refractivity contribution in [1.29, 1.82) is 0 Å². The standard InChI is InChI=1S/C15H30N2O2/c1-5-16-15(14(18)19)9-6-7-13(11-15)17(4)10-8-12(2)3/h12-13,16H,5-11H2,1-4H3,(H,18,19). The van der Waals surface area contributed by atoms with Gasteiger partial charge in [-0.15, -0.1) is 0 Å². The molecule has 0 aliphatic heterocycles. The van der Waals surface area contributed by atoms with Crippen LogP contribution in [-0.4, -0.2) is 47.7 Å². The largest absolute Gasteiger partial charge is 0.480 e. The van der Waals surface area contributed by atoms with Crippen molar-refractivity contribution in [3.63, 3.8) is 0 Å². The van der Waals surface area contributed by atoms with Crippen molar-refractivity contribution in [1.82, 2.24) is 10.2 Å². The lowest BCUT2D eigenvalue weighted by Crippen LogP contribution is -2.58. The van der Waals surface area contributed by atoms with Crippen molar-refractivity contribution in [2.75, 3.05) is 20.1 Å². The number of carboxylic acid groups (broad SMARTS) is 1. The van der Waals surface area contributed by atoms with E-state index in [1.54, 1.807) is 0 Å². The fourth-order valence-corrected chi connectivity index (χ4v) is 3.04. The number of carboxylic acids is 1. The molecule has 4 nitrogen and oxygen atoms in total. The Morgan fingerprint density at radius 1 is 1.53 bits per heavy atom. The summed E-state index contributed by atoms with van der Waals surface area (Å²) in [5.74, 6) is 0.0142. The number of aliphatic carboxylic acids is 1. The molecule has 1 saturated carbocycles. The van der Waals surface area contributed by atoms with Gasteiger partial charge >= 0.3 is 5.97 Å². The van der Waals surface area contributed by atoms with Crippen molar-refractivity contribution in [2.45, 2.75) is 64.5 Å². The predicted octanol–water partition coefficient (Wildman–Crippen LogP) is 2.34. The van der Waals surface area contributed by atoms with Gasteiger partial charge in [0.1, 0.15) is 5.54 Å². The van der Waals surface area contributed by atoms with Crippen LogP contribution in [0.15, 0.2) is 0 Å². The molecule has 1 rings (SSSR count). The number of hydrogen-bond acceptors (Lipinski definition) is 3. The maximum Gasteiger partial charge on any atom is 0.323 e. The number of hydrogen-bond donors (Lipinski definition) is 2. The SMILES string of the molecule is CCNC1(C(=O)O)CCCC(N(C)CCC(C)C)C1. The molecule has 0 heterocycles. The van der Waals surface area contributed by atoms with E-state index < -0.39 is 11.5 Å². The summed E-state index contributed by atoms with van der Waals surface area (Å²) in [6.07, 6.45) is 4.77. The summed E-state index contributed by atoms with van der Waals surface area (Å²) in [6.45, 7) is 8.22. The maximum absolute atomic E-state index is 11.6. The molecule has 1 fully saturated rings. The average Bonchev–Trinajstić information content (AvgIpc) is 2.36. The smallest absolute Gasteiger partial charge is 0.323 e. The molecule has 0 radical (unpaired) electrons. The Kier molecular flexibility index (Phi) is 6.27. The molecule has 2 N–H and O–H groups in total. The van der Waals surface area contributed by atoms with Gasteiger partial charge in [0.25, 0.3) is 0 Å². The molecule has 0 aromatic rings. The first-order valence-electron chi connectivity index (χ1n) is 7.60. The van der Waals surface area contributed by atoms with Crippen LogP contribution in [0, 0.1) is 5.92 Å². The van der Waals surface area contributed by atoms with Crippen LogP contribution in [-0.2, 0) is 4.79 Å². The van der Waals surface area contributed by atoms with E-state index in [4.69, 9.17) is 0 Å². The highest BCUT2D eigenvalue weighted by atomic mass is 16.4. The number of nitrogens with one attached hydrogen (secondary N) is 1. The highest BCUT2D eigenvalue weighted by molar-refractivity contribution is 5.79. The molecule has 0 bridgehead atoms. The molecule has 0 spiro atoms. The summed E-state index contributed by atoms with van der Waals surface area (Å²) in [5, 5.41) is 12.8. The number of rotatable bonds is 7. The number of nitrogens with zero attached hydrogens (tertiary/aromatic N) is 1. The monoisotopic (exact) mass is 270 g/mol. The first kappa shape index (κ1) is 16.4. The Hall–Kier alpha value is -0.610. The summed E-state index contributed by atoms with van der Waals surface area (Å²) in [7, 11) is 2.14. The molecule has 1 aliphatic rings. The highest BCUT2D eigenvalue weighted by Gasteiger charge is 2.43. The minimum Gasteiger partial charge on any atom is -0.480 e. The zero-order chi connectivity index (χ0) is 14.5. The zero-order valence-corrected chi connectivity index (χ0v) is 12.9. The van der Waals surface area contributed by atoms with Crippen LogP contribution in [0.3, 0.4) is 0 Å². The molecule has 0 aromatic heterocycles. The lowest BCUT2D eigenvalue weighted by Gasteiger charge is -2.41. The van der Waals surface area contributed by atoms with Crippen LogP contribution in [0.4, 0.5) is 0 Å². The molecular formula is C15H30N2O2. The van der Waals surface area contributed by atoms with Crippen LogP contribution in [0.2, 0.25) is 0 Å². The molecule has 1 aliphatic carbocycles. The average molecular weight is 270 g/mol. The van der Waals surface area contributed by atoms with Gasteiger partial charge in [0.2, 0.25) is 0 Å². The third-order valence-electron chi connectivity index (χ3n) is 4.33. The molecular weight excluding hydrogens is 240 g/mol. The van der Waals surface area contributed by atoms with Crippen LogP contribution < -0.4 is 5.32 Å². The van der Waals surface area contributed by atoms with Gasteiger partial charge in [-0.05, 0) is 58.2 Å². The summed E-state index contributed by atoms with van der Waals surface area (Å²) < 4.78 is 0. The van der Waals surface area contributed by atoms with Gasteiger partial charge in [0.15, 0.2) is 0 Å². The van der Waals surface area contributed by atoms with Crippen molar-refractivity contribution in [3.05, 3.63) is 0 Å². The second-order valence-electron chi connectivity index (χ2n) is 6.33. The number of carbonyl (C=O) groups is 1. The molecule has 0 aromatic carbocycles. The lowest BCUT2D eigenvalue weighted by molar-refractivity contribution is -0.147. The Morgan fingerprint density at radius 3 is 2.74 bits per heavy atom. The van der Waals surface area contributed by atoms with Gasteiger partial charge < -0.3 is 15.3 Å². The minimum atomic E-state index is -0.705. The Morgan fingerprint density at radius 2 is 2.21 bits per heavy atom. The summed E-state index contributed by atoms with van der Waals surface area (Å²) in [6, 6.07) is 0.391. The Bertz CT molecular complexity index is 290. The van der Waals surface area contributed by atoms with E-state index in [0.717, 1.165) is 32.2 Å². The second-order valence-corrected chi connectivity index (χ2v) is 6.33. The zero-order valence-electron chi connectivity index (χ0n) is 12.9. The molecule has 0 amide bonds. The summed E-state index contributed by atoms with van der Waals surface area (Å²) in [4.78, 5) is 14.0. The van der Waals surface area contributed by atoms with Crippen molar-refractivity contribution < 1.29 is 9.90 Å². The van der Waals surface area contributed by atoms with Gasteiger partial charge in [0.05, 0.1) is 0 Å². The number of likely N-dealkylation sites (N-methyl/N-ethyl adjacent to an activating group) is 1. The van der Waals surface area contributed by atoms with E-state index in [1.165, 1.54) is 6.42 Å². The van der Waals surface area contributed by atoms with E-state index in [-0.39, 0.29) is 0 Å². The molecule has 19 heavy (non-hydrogen) atoms. The van der Waals surface area contributed by atoms with Crippen molar-refractivity contribution >= 4 is 5.97 Å². The maximum atomic E-state index is 11.6. The predicted molar refractivity (Wildman–Crippen MR) is 78.4 cm³/mol. The van der Waals surface area contributed by atoms with Gasteiger partial charge in [0, 0.05) is 6.04 Å². The third kappa shape index (κ3) is 4.46. The quantitative estimate of drug-likeness (QED) is 0.745. The topological polar surface area (TPSA) is 52.6 Å². The van der Waals surface area contributed by atoms with E-state index in [9.17, 15) is 9.90 Å². The van der Waals surface area contributed by atoms with Crippen LogP contribution in [0.1, 0.15) is 52.9 Å². The van der Waals surface area contributed by atoms with Crippen LogP contribution in [0.5, 0.6) is 0 Å². The molecule has 2 atom stereocenters. The fraction of sp³-hybridized carbons (Fsp3) is 0.933. The van der Waals surface area contributed by atoms with Crippen molar-refractivity contribution in [3.8, 4) is 0 Å². The fourth-order valence-electron chi connectivity index (χ4n) is 3.04. The van der Waals surface area contributed by atoms with Crippen LogP contribution >= 0.6 is 0 Å². The van der Waals surface area contributed by atoms with Gasteiger partial charge in [-0.1, -0.05) is 20.8 Å². The normalized spacial score (nSPS) is 28.0. The van der Waals surface area contributed by atoms with Gasteiger partial charge in [-0.2, -0.15) is 0 Å². The summed E-state index contributed by atoms with van der Waals surface area (Å²) >= 11 is 0. The first-order valence-corrected chi connectivity index (χ1v) is 7.60. The minimum absolute atomic E-state index is 0.391. The Labute approximate surface area is 117 Å². The van der Waals surface area contributed by atoms with Gasteiger partial charge in [-0.25, -0.2) is 0 Å². The molecule has 112 valence electrons. The lowest BCUT2D eigenvalue weighted by atomic mass is 9.78. The molecule has 2 unspecified atom stereocenters. The first-order chi connectivity index (χ1) is 8.91. The highest BCUT2D eigenvalue weighted by Crippen LogP contribution is 2.31. The van der Waals surface area contributed by atoms with Gasteiger partial charge in [-0.3, -0.25) is 4.79 Å². The Balaban J connectivity index is 2.63. The van der Waals surface area contributed by atoms with E-state index in [0.29, 0.717) is 18.5 Å². The van der Waals surface area contributed by atoms with Crippen LogP contribution in [0.25, 0.3) is 0 Å². The van der Waals surface area contributed by atoms with E-state index in [1.807, 2.05) is 6.92 Å². The van der Waals surface area contributed by atoms with Crippen molar-refractivity contribution in [2.24, 2.45) is 5.92 Å². The molecule has 4 heteroatoms. The third-order valence-corrected chi connectivity index (χ3v) is 4.33.